The van der Waals surface area contributed by atoms with Crippen molar-refractivity contribution in [3.05, 3.63) is 24.3 Å². The van der Waals surface area contributed by atoms with E-state index in [4.69, 9.17) is 0 Å². The molecule has 0 aliphatic heterocycles. The summed E-state index contributed by atoms with van der Waals surface area (Å²) in [6, 6.07) is 0.727. The third-order valence-corrected chi connectivity index (χ3v) is 2.81. The maximum absolute atomic E-state index is 3.98. The molecule has 0 amide bonds. The lowest BCUT2D eigenvalue weighted by atomic mass is 9.95. The summed E-state index contributed by atoms with van der Waals surface area (Å²) in [5, 5.41) is 3.54. The van der Waals surface area contributed by atoms with Gasteiger partial charge in [0.2, 0.25) is 0 Å². The lowest BCUT2D eigenvalue weighted by Crippen LogP contribution is -2.32. The monoisotopic (exact) mass is 179 g/mol. The van der Waals surface area contributed by atoms with Crippen molar-refractivity contribution in [3.63, 3.8) is 0 Å². The van der Waals surface area contributed by atoms with E-state index < -0.39 is 0 Å². The molecule has 1 rings (SSSR count). The summed E-state index contributed by atoms with van der Waals surface area (Å²) >= 11 is 0. The second-order valence-electron chi connectivity index (χ2n) is 4.10. The maximum atomic E-state index is 3.98. The first kappa shape index (κ1) is 10.5. The third-order valence-electron chi connectivity index (χ3n) is 2.81. The molecular weight excluding hydrogens is 158 g/mol. The summed E-state index contributed by atoms with van der Waals surface area (Å²) < 4.78 is 0. The van der Waals surface area contributed by atoms with E-state index in [2.05, 4.69) is 18.5 Å². The fourth-order valence-electron chi connectivity index (χ4n) is 1.73. The van der Waals surface area contributed by atoms with Crippen LogP contribution in [0.5, 0.6) is 0 Å². The standard InChI is InChI=1S/C12H21N/c1-10(2)11(3)9-13-12-7-5-4-6-8-12/h12-13H,1,3-9H2,2H3. The van der Waals surface area contributed by atoms with Crippen LogP contribution in [0.2, 0.25) is 0 Å². The molecule has 0 aromatic heterocycles. The minimum atomic E-state index is 0.727. The van der Waals surface area contributed by atoms with Gasteiger partial charge in [0.25, 0.3) is 0 Å². The van der Waals surface area contributed by atoms with E-state index in [1.807, 2.05) is 6.92 Å². The fraction of sp³-hybridized carbons (Fsp3) is 0.667. The predicted octanol–water partition coefficient (Wildman–Crippen LogP) is 3.04. The molecule has 1 aliphatic carbocycles. The molecule has 0 heterocycles. The summed E-state index contributed by atoms with van der Waals surface area (Å²) in [4.78, 5) is 0. The molecule has 0 bridgehead atoms. The highest BCUT2D eigenvalue weighted by Crippen LogP contribution is 2.17. The number of hydrogen-bond donors (Lipinski definition) is 1. The van der Waals surface area contributed by atoms with Crippen LogP contribution in [0.15, 0.2) is 24.3 Å². The molecule has 0 spiro atoms. The van der Waals surface area contributed by atoms with Crippen molar-refractivity contribution in [1.82, 2.24) is 5.32 Å². The van der Waals surface area contributed by atoms with Crippen LogP contribution in [0.3, 0.4) is 0 Å². The van der Waals surface area contributed by atoms with Crippen LogP contribution in [0.1, 0.15) is 39.0 Å². The van der Waals surface area contributed by atoms with Crippen molar-refractivity contribution < 1.29 is 0 Å². The average molecular weight is 179 g/mol. The second kappa shape index (κ2) is 5.23. The summed E-state index contributed by atoms with van der Waals surface area (Å²) in [5.41, 5.74) is 2.24. The SMILES string of the molecule is C=C(C)C(=C)CNC1CCCCC1. The lowest BCUT2D eigenvalue weighted by molar-refractivity contribution is 0.383. The van der Waals surface area contributed by atoms with Gasteiger partial charge in [-0.1, -0.05) is 38.0 Å². The van der Waals surface area contributed by atoms with E-state index >= 15 is 0 Å². The Balaban J connectivity index is 2.17. The largest absolute Gasteiger partial charge is 0.310 e. The molecule has 1 N–H and O–H groups in total. The van der Waals surface area contributed by atoms with E-state index in [-0.39, 0.29) is 0 Å². The molecular formula is C12H21N. The molecule has 0 radical (unpaired) electrons. The summed E-state index contributed by atoms with van der Waals surface area (Å²) in [5.74, 6) is 0. The van der Waals surface area contributed by atoms with Gasteiger partial charge in [0, 0.05) is 12.6 Å². The van der Waals surface area contributed by atoms with Crippen LogP contribution < -0.4 is 5.32 Å². The van der Waals surface area contributed by atoms with Crippen molar-refractivity contribution in [1.29, 1.82) is 0 Å². The van der Waals surface area contributed by atoms with E-state index in [1.54, 1.807) is 0 Å². The number of nitrogens with one attached hydrogen (secondary N) is 1. The van der Waals surface area contributed by atoms with E-state index in [0.29, 0.717) is 0 Å². The summed E-state index contributed by atoms with van der Waals surface area (Å²) in [6.45, 7) is 10.8. The van der Waals surface area contributed by atoms with Crippen LogP contribution in [0, 0.1) is 0 Å². The Morgan fingerprint density at radius 2 is 1.85 bits per heavy atom. The van der Waals surface area contributed by atoms with Gasteiger partial charge in [0.05, 0.1) is 0 Å². The quantitative estimate of drug-likeness (QED) is 0.654. The Morgan fingerprint density at radius 3 is 2.38 bits per heavy atom. The first-order valence-corrected chi connectivity index (χ1v) is 5.27. The normalized spacial score (nSPS) is 18.5. The average Bonchev–Trinajstić information content (AvgIpc) is 2.15. The fourth-order valence-corrected chi connectivity index (χ4v) is 1.73. The minimum absolute atomic E-state index is 0.727. The lowest BCUT2D eigenvalue weighted by Gasteiger charge is -2.23. The van der Waals surface area contributed by atoms with Gasteiger partial charge in [-0.05, 0) is 25.3 Å². The summed E-state index contributed by atoms with van der Waals surface area (Å²) in [6.07, 6.45) is 6.86. The smallest absolute Gasteiger partial charge is 0.0204 e. The van der Waals surface area contributed by atoms with E-state index in [1.165, 1.54) is 32.1 Å². The van der Waals surface area contributed by atoms with Crippen molar-refractivity contribution >= 4 is 0 Å². The molecule has 1 nitrogen and oxygen atoms in total. The molecule has 0 saturated heterocycles. The highest BCUT2D eigenvalue weighted by atomic mass is 14.9. The summed E-state index contributed by atoms with van der Waals surface area (Å²) in [7, 11) is 0. The van der Waals surface area contributed by atoms with Crippen LogP contribution >= 0.6 is 0 Å². The van der Waals surface area contributed by atoms with Crippen LogP contribution in [-0.4, -0.2) is 12.6 Å². The van der Waals surface area contributed by atoms with Gasteiger partial charge in [-0.2, -0.15) is 0 Å². The number of hydrogen-bond acceptors (Lipinski definition) is 1. The van der Waals surface area contributed by atoms with Gasteiger partial charge in [-0.3, -0.25) is 0 Å². The zero-order valence-corrected chi connectivity index (χ0v) is 8.73. The van der Waals surface area contributed by atoms with Crippen molar-refractivity contribution in [2.75, 3.05) is 6.54 Å². The van der Waals surface area contributed by atoms with Gasteiger partial charge in [-0.15, -0.1) is 0 Å². The van der Waals surface area contributed by atoms with Crippen molar-refractivity contribution in [2.24, 2.45) is 0 Å². The minimum Gasteiger partial charge on any atom is -0.310 e. The Labute approximate surface area is 81.9 Å². The zero-order chi connectivity index (χ0) is 9.68. The first-order chi connectivity index (χ1) is 6.20. The Morgan fingerprint density at radius 1 is 1.23 bits per heavy atom. The van der Waals surface area contributed by atoms with Gasteiger partial charge in [-0.25, -0.2) is 0 Å². The van der Waals surface area contributed by atoms with E-state index in [9.17, 15) is 0 Å². The molecule has 0 unspecified atom stereocenters. The zero-order valence-electron chi connectivity index (χ0n) is 8.73. The van der Waals surface area contributed by atoms with Gasteiger partial charge < -0.3 is 5.32 Å². The first-order valence-electron chi connectivity index (χ1n) is 5.27. The molecule has 1 heteroatoms. The van der Waals surface area contributed by atoms with Crippen molar-refractivity contribution in [3.8, 4) is 0 Å². The molecule has 0 aromatic rings. The van der Waals surface area contributed by atoms with Gasteiger partial charge in [0.1, 0.15) is 0 Å². The molecule has 0 aromatic carbocycles. The van der Waals surface area contributed by atoms with Crippen LogP contribution in [0.25, 0.3) is 0 Å². The van der Waals surface area contributed by atoms with Crippen LogP contribution in [0.4, 0.5) is 0 Å². The highest BCUT2D eigenvalue weighted by molar-refractivity contribution is 5.23. The predicted molar refractivity (Wildman–Crippen MR) is 58.8 cm³/mol. The Bertz CT molecular complexity index is 187. The topological polar surface area (TPSA) is 12.0 Å². The molecule has 1 aliphatic rings. The molecule has 0 atom stereocenters. The Kier molecular flexibility index (Phi) is 4.23. The van der Waals surface area contributed by atoms with Crippen LogP contribution in [-0.2, 0) is 0 Å². The number of rotatable bonds is 4. The molecule has 74 valence electrons. The van der Waals surface area contributed by atoms with E-state index in [0.717, 1.165) is 23.7 Å². The van der Waals surface area contributed by atoms with Gasteiger partial charge in [0.15, 0.2) is 0 Å². The molecule has 1 fully saturated rings. The molecule has 1 saturated carbocycles. The van der Waals surface area contributed by atoms with Crippen molar-refractivity contribution in [2.45, 2.75) is 45.1 Å². The maximum Gasteiger partial charge on any atom is 0.0204 e. The Hall–Kier alpha value is -0.560. The third kappa shape index (κ3) is 3.77. The van der Waals surface area contributed by atoms with Gasteiger partial charge >= 0.3 is 0 Å². The molecule has 13 heavy (non-hydrogen) atoms. The highest BCUT2D eigenvalue weighted by Gasteiger charge is 2.12. The second-order valence-corrected chi connectivity index (χ2v) is 4.10.